The Balaban J connectivity index is 1.69. The number of furan rings is 1. The van der Waals surface area contributed by atoms with Crippen molar-refractivity contribution in [3.8, 4) is 11.4 Å². The summed E-state index contributed by atoms with van der Waals surface area (Å²) >= 11 is 1.17. The molecule has 0 unspecified atom stereocenters. The van der Waals surface area contributed by atoms with Gasteiger partial charge in [-0.1, -0.05) is 30.3 Å². The first kappa shape index (κ1) is 16.9. The summed E-state index contributed by atoms with van der Waals surface area (Å²) in [6, 6.07) is 13.3. The van der Waals surface area contributed by atoms with Gasteiger partial charge in [-0.2, -0.15) is 0 Å². The van der Waals surface area contributed by atoms with Crippen LogP contribution in [0.3, 0.4) is 0 Å². The highest BCUT2D eigenvalue weighted by molar-refractivity contribution is 7.99. The van der Waals surface area contributed by atoms with Crippen LogP contribution in [0.1, 0.15) is 5.76 Å². The molecule has 10 heteroatoms. The quantitative estimate of drug-likeness (QED) is 0.284. The Kier molecular flexibility index (Phi) is 4.62. The lowest BCUT2D eigenvalue weighted by atomic mass is 10.2. The zero-order chi connectivity index (χ0) is 18.6. The summed E-state index contributed by atoms with van der Waals surface area (Å²) in [7, 11) is 0. The number of nitro groups is 1. The van der Waals surface area contributed by atoms with E-state index in [4.69, 9.17) is 4.42 Å². The maximum Gasteiger partial charge on any atom is 0.305 e. The van der Waals surface area contributed by atoms with Crippen LogP contribution in [-0.4, -0.2) is 29.7 Å². The second-order valence-corrected chi connectivity index (χ2v) is 6.36. The van der Waals surface area contributed by atoms with E-state index < -0.39 is 4.92 Å². The van der Waals surface area contributed by atoms with Gasteiger partial charge >= 0.3 is 5.69 Å². The normalized spacial score (nSPS) is 10.8. The van der Waals surface area contributed by atoms with Gasteiger partial charge in [-0.05, 0) is 23.9 Å². The van der Waals surface area contributed by atoms with Crippen molar-refractivity contribution in [1.82, 2.24) is 24.7 Å². The second-order valence-electron chi connectivity index (χ2n) is 5.42. The minimum atomic E-state index is -0.540. The highest BCUT2D eigenvalue weighted by Crippen LogP contribution is 2.28. The molecular formula is C17H12N6O3S. The van der Waals surface area contributed by atoms with Gasteiger partial charge in [0.15, 0.2) is 16.1 Å². The lowest BCUT2D eigenvalue weighted by molar-refractivity contribution is -0.385. The molecule has 9 nitrogen and oxygen atoms in total. The summed E-state index contributed by atoms with van der Waals surface area (Å²) in [4.78, 5) is 18.2. The van der Waals surface area contributed by atoms with Gasteiger partial charge in [0.2, 0.25) is 0 Å². The number of rotatable bonds is 6. The molecule has 0 amide bonds. The fourth-order valence-corrected chi connectivity index (χ4v) is 3.12. The third-order valence-electron chi connectivity index (χ3n) is 3.65. The lowest BCUT2D eigenvalue weighted by Crippen LogP contribution is -2.03. The Labute approximate surface area is 157 Å². The van der Waals surface area contributed by atoms with E-state index in [0.717, 1.165) is 11.3 Å². The van der Waals surface area contributed by atoms with E-state index in [0.29, 0.717) is 22.7 Å². The SMILES string of the molecule is O=[N+]([O-])c1cnc(Sc2nnc(-c3ccccc3)n2Cc2ccco2)nc1. The van der Waals surface area contributed by atoms with Gasteiger partial charge < -0.3 is 4.42 Å². The van der Waals surface area contributed by atoms with Gasteiger partial charge in [0.25, 0.3) is 0 Å². The number of benzene rings is 1. The van der Waals surface area contributed by atoms with E-state index in [2.05, 4.69) is 20.2 Å². The second kappa shape index (κ2) is 7.38. The smallest absolute Gasteiger partial charge is 0.305 e. The van der Waals surface area contributed by atoms with E-state index in [9.17, 15) is 10.1 Å². The Hall–Kier alpha value is -3.53. The topological polar surface area (TPSA) is 113 Å². The Morgan fingerprint density at radius 1 is 1.07 bits per heavy atom. The van der Waals surface area contributed by atoms with Crippen LogP contribution in [0.15, 0.2) is 75.9 Å². The summed E-state index contributed by atoms with van der Waals surface area (Å²) < 4.78 is 7.35. The van der Waals surface area contributed by atoms with Crippen LogP contribution in [0.2, 0.25) is 0 Å². The van der Waals surface area contributed by atoms with E-state index in [1.54, 1.807) is 6.26 Å². The summed E-state index contributed by atoms with van der Waals surface area (Å²) in [6.07, 6.45) is 3.94. The zero-order valence-corrected chi connectivity index (χ0v) is 14.6. The predicted octanol–water partition coefficient (Wildman–Crippen LogP) is 3.44. The molecule has 0 N–H and O–H groups in total. The van der Waals surface area contributed by atoms with Crippen molar-refractivity contribution in [3.63, 3.8) is 0 Å². The highest BCUT2D eigenvalue weighted by atomic mass is 32.2. The van der Waals surface area contributed by atoms with Crippen LogP contribution in [-0.2, 0) is 6.54 Å². The first-order valence-electron chi connectivity index (χ1n) is 7.86. The highest BCUT2D eigenvalue weighted by Gasteiger charge is 2.18. The Bertz CT molecular complexity index is 1050. The molecule has 0 saturated carbocycles. The number of hydrogen-bond donors (Lipinski definition) is 0. The maximum absolute atomic E-state index is 10.7. The van der Waals surface area contributed by atoms with E-state index in [1.165, 1.54) is 24.2 Å². The first-order chi connectivity index (χ1) is 13.2. The molecule has 0 aliphatic rings. The lowest BCUT2D eigenvalue weighted by Gasteiger charge is -2.08. The van der Waals surface area contributed by atoms with Crippen LogP contribution in [0, 0.1) is 10.1 Å². The van der Waals surface area contributed by atoms with Crippen molar-refractivity contribution in [3.05, 3.63) is 77.0 Å². The van der Waals surface area contributed by atoms with Crippen molar-refractivity contribution in [2.24, 2.45) is 0 Å². The molecular weight excluding hydrogens is 368 g/mol. The Morgan fingerprint density at radius 3 is 2.52 bits per heavy atom. The third-order valence-corrected chi connectivity index (χ3v) is 4.53. The fraction of sp³-hybridized carbons (Fsp3) is 0.0588. The third kappa shape index (κ3) is 3.70. The molecule has 0 fully saturated rings. The zero-order valence-electron chi connectivity index (χ0n) is 13.8. The summed E-state index contributed by atoms with van der Waals surface area (Å²) in [5.41, 5.74) is 0.745. The predicted molar refractivity (Wildman–Crippen MR) is 96.1 cm³/mol. The molecule has 1 aromatic carbocycles. The number of nitrogens with zero attached hydrogens (tertiary/aromatic N) is 6. The molecule has 0 radical (unpaired) electrons. The van der Waals surface area contributed by atoms with Gasteiger partial charge in [0, 0.05) is 5.56 Å². The summed E-state index contributed by atoms with van der Waals surface area (Å²) in [6.45, 7) is 0.430. The van der Waals surface area contributed by atoms with Crippen molar-refractivity contribution in [2.75, 3.05) is 0 Å². The van der Waals surface area contributed by atoms with E-state index in [-0.39, 0.29) is 5.69 Å². The molecule has 3 heterocycles. The van der Waals surface area contributed by atoms with Gasteiger partial charge in [0.1, 0.15) is 18.2 Å². The first-order valence-corrected chi connectivity index (χ1v) is 8.67. The monoisotopic (exact) mass is 380 g/mol. The number of aromatic nitrogens is 5. The molecule has 134 valence electrons. The van der Waals surface area contributed by atoms with Gasteiger partial charge in [-0.25, -0.2) is 9.97 Å². The van der Waals surface area contributed by atoms with Crippen LogP contribution in [0.25, 0.3) is 11.4 Å². The van der Waals surface area contributed by atoms with Gasteiger partial charge in [-0.15, -0.1) is 10.2 Å². The number of hydrogen-bond acceptors (Lipinski definition) is 8. The van der Waals surface area contributed by atoms with Crippen molar-refractivity contribution in [1.29, 1.82) is 0 Å². The molecule has 0 bridgehead atoms. The molecule has 0 atom stereocenters. The largest absolute Gasteiger partial charge is 0.467 e. The molecule has 0 saturated heterocycles. The molecule has 4 aromatic rings. The summed E-state index contributed by atoms with van der Waals surface area (Å²) in [5, 5.41) is 20.2. The average molecular weight is 380 g/mol. The van der Waals surface area contributed by atoms with Crippen molar-refractivity contribution >= 4 is 17.4 Å². The van der Waals surface area contributed by atoms with Gasteiger partial charge in [-0.3, -0.25) is 14.7 Å². The minimum absolute atomic E-state index is 0.165. The van der Waals surface area contributed by atoms with Crippen LogP contribution >= 0.6 is 11.8 Å². The standard InChI is InChI=1S/C17H12N6O3S/c24-23(25)13-9-18-16(19-10-13)27-17-21-20-15(12-5-2-1-3-6-12)22(17)11-14-7-4-8-26-14/h1-10H,11H2. The van der Waals surface area contributed by atoms with E-state index in [1.807, 2.05) is 47.0 Å². The maximum atomic E-state index is 10.7. The van der Waals surface area contributed by atoms with Crippen LogP contribution in [0.5, 0.6) is 0 Å². The Morgan fingerprint density at radius 2 is 1.85 bits per heavy atom. The van der Waals surface area contributed by atoms with Crippen LogP contribution < -0.4 is 0 Å². The molecule has 4 rings (SSSR count). The average Bonchev–Trinajstić information content (AvgIpc) is 3.34. The minimum Gasteiger partial charge on any atom is -0.467 e. The summed E-state index contributed by atoms with van der Waals surface area (Å²) in [5.74, 6) is 1.43. The van der Waals surface area contributed by atoms with Crippen LogP contribution in [0.4, 0.5) is 5.69 Å². The molecule has 0 aliphatic heterocycles. The molecule has 3 aromatic heterocycles. The molecule has 0 aliphatic carbocycles. The van der Waals surface area contributed by atoms with Gasteiger partial charge in [0.05, 0.1) is 17.7 Å². The van der Waals surface area contributed by atoms with Crippen molar-refractivity contribution in [2.45, 2.75) is 16.9 Å². The molecule has 0 spiro atoms. The van der Waals surface area contributed by atoms with E-state index >= 15 is 0 Å². The fourth-order valence-electron chi connectivity index (χ4n) is 2.40. The molecule has 27 heavy (non-hydrogen) atoms. The van der Waals surface area contributed by atoms with Crippen molar-refractivity contribution < 1.29 is 9.34 Å².